The largest absolute Gasteiger partial charge is 0.495 e. The van der Waals surface area contributed by atoms with Crippen molar-refractivity contribution < 1.29 is 9.47 Å². The normalized spacial score (nSPS) is 14.2. The number of rotatable bonds is 4. The quantitative estimate of drug-likeness (QED) is 0.564. The zero-order valence-electron chi connectivity index (χ0n) is 16.8. The van der Waals surface area contributed by atoms with Crippen LogP contribution in [-0.2, 0) is 4.74 Å². The maximum atomic E-state index is 6.29. The van der Waals surface area contributed by atoms with Gasteiger partial charge in [-0.1, -0.05) is 6.07 Å². The molecular weight excluding hydrogens is 378 g/mol. The van der Waals surface area contributed by atoms with Crippen LogP contribution in [0.1, 0.15) is 0 Å². The molecule has 0 bridgehead atoms. The van der Waals surface area contributed by atoms with Crippen molar-refractivity contribution in [3.8, 4) is 22.6 Å². The van der Waals surface area contributed by atoms with Gasteiger partial charge in [0.05, 0.1) is 37.6 Å². The average Bonchev–Trinajstić information content (AvgIpc) is 3.14. The van der Waals surface area contributed by atoms with Gasteiger partial charge >= 0.3 is 0 Å². The van der Waals surface area contributed by atoms with Gasteiger partial charge in [-0.05, 0) is 48.0 Å². The lowest BCUT2D eigenvalue weighted by atomic mass is 10.1. The summed E-state index contributed by atoms with van der Waals surface area (Å²) in [6.45, 7) is 3.35. The number of benzene rings is 2. The number of pyridine rings is 1. The molecule has 2 aromatic heterocycles. The fourth-order valence-electron chi connectivity index (χ4n) is 3.87. The van der Waals surface area contributed by atoms with E-state index in [4.69, 9.17) is 15.2 Å². The lowest BCUT2D eigenvalue weighted by Gasteiger charge is -2.29. The van der Waals surface area contributed by atoms with Crippen molar-refractivity contribution in [3.05, 3.63) is 60.9 Å². The number of nitrogens with zero attached hydrogens (tertiary/aromatic N) is 4. The molecule has 1 aliphatic heterocycles. The molecule has 4 aromatic rings. The van der Waals surface area contributed by atoms with E-state index in [1.807, 2.05) is 29.0 Å². The molecule has 7 heteroatoms. The number of methoxy groups -OCH3 is 1. The van der Waals surface area contributed by atoms with Gasteiger partial charge in [-0.25, -0.2) is 4.98 Å². The minimum absolute atomic E-state index is 0.463. The summed E-state index contributed by atoms with van der Waals surface area (Å²) in [5, 5.41) is 0. The third kappa shape index (κ3) is 3.33. The molecule has 5 rings (SSSR count). The summed E-state index contributed by atoms with van der Waals surface area (Å²) in [4.78, 5) is 11.1. The summed E-state index contributed by atoms with van der Waals surface area (Å²) in [5.41, 5.74) is 12.3. The van der Waals surface area contributed by atoms with Crippen LogP contribution in [-0.4, -0.2) is 47.9 Å². The lowest BCUT2D eigenvalue weighted by Crippen LogP contribution is -2.36. The first-order valence-electron chi connectivity index (χ1n) is 9.93. The maximum absolute atomic E-state index is 6.29. The van der Waals surface area contributed by atoms with Crippen molar-refractivity contribution in [2.75, 3.05) is 44.0 Å². The number of imidazole rings is 1. The summed E-state index contributed by atoms with van der Waals surface area (Å²) in [5.74, 6) is 1.18. The molecule has 1 fully saturated rings. The number of fused-ring (bicyclic) bond motifs is 1. The van der Waals surface area contributed by atoms with E-state index in [1.165, 1.54) is 5.69 Å². The van der Waals surface area contributed by atoms with Gasteiger partial charge in [-0.3, -0.25) is 9.55 Å². The highest BCUT2D eigenvalue weighted by Crippen LogP contribution is 2.30. The van der Waals surface area contributed by atoms with Gasteiger partial charge in [0.1, 0.15) is 5.75 Å². The first kappa shape index (κ1) is 18.4. The molecule has 1 saturated heterocycles. The molecule has 0 saturated carbocycles. The Morgan fingerprint density at radius 3 is 2.47 bits per heavy atom. The standard InChI is InChI=1S/C23H23N5O2/c1-29-20-12-17(14-25-15-20)16-2-7-21-22(13-16)28(23(24)26-21)19-5-3-18(4-6-19)27-8-10-30-11-9-27/h2-7,12-15H,8-11H2,1H3,(H2,24,26). The van der Waals surface area contributed by atoms with Crippen molar-refractivity contribution in [2.45, 2.75) is 0 Å². The Morgan fingerprint density at radius 2 is 1.70 bits per heavy atom. The van der Waals surface area contributed by atoms with E-state index < -0.39 is 0 Å². The third-order valence-electron chi connectivity index (χ3n) is 5.45. The number of hydrogen-bond acceptors (Lipinski definition) is 6. The first-order chi connectivity index (χ1) is 14.7. The number of aromatic nitrogens is 3. The molecule has 152 valence electrons. The van der Waals surface area contributed by atoms with Crippen LogP contribution in [0.2, 0.25) is 0 Å². The Morgan fingerprint density at radius 1 is 0.933 bits per heavy atom. The van der Waals surface area contributed by atoms with E-state index >= 15 is 0 Å². The van der Waals surface area contributed by atoms with Crippen LogP contribution in [0.3, 0.4) is 0 Å². The molecule has 2 N–H and O–H groups in total. The average molecular weight is 401 g/mol. The van der Waals surface area contributed by atoms with Crippen LogP contribution < -0.4 is 15.4 Å². The van der Waals surface area contributed by atoms with Crippen LogP contribution in [0.4, 0.5) is 11.6 Å². The second-order valence-electron chi connectivity index (χ2n) is 7.24. The summed E-state index contributed by atoms with van der Waals surface area (Å²) in [6.07, 6.45) is 3.52. The number of hydrogen-bond donors (Lipinski definition) is 1. The Balaban J connectivity index is 1.54. The van der Waals surface area contributed by atoms with E-state index in [1.54, 1.807) is 13.3 Å². The molecule has 1 aliphatic rings. The molecule has 0 atom stereocenters. The first-order valence-corrected chi connectivity index (χ1v) is 9.93. The van der Waals surface area contributed by atoms with Crippen molar-refractivity contribution >= 4 is 22.7 Å². The van der Waals surface area contributed by atoms with E-state index in [9.17, 15) is 0 Å². The summed E-state index contributed by atoms with van der Waals surface area (Å²) in [6, 6.07) is 16.5. The van der Waals surface area contributed by atoms with E-state index in [2.05, 4.69) is 45.2 Å². The van der Waals surface area contributed by atoms with Gasteiger partial charge in [0.15, 0.2) is 0 Å². The highest BCUT2D eigenvalue weighted by Gasteiger charge is 2.14. The van der Waals surface area contributed by atoms with Crippen molar-refractivity contribution in [1.29, 1.82) is 0 Å². The second-order valence-corrected chi connectivity index (χ2v) is 7.24. The number of nitrogen functional groups attached to an aromatic ring is 1. The Hall–Kier alpha value is -3.58. The molecule has 3 heterocycles. The summed E-state index contributed by atoms with van der Waals surface area (Å²) in [7, 11) is 1.64. The zero-order chi connectivity index (χ0) is 20.5. The molecule has 0 radical (unpaired) electrons. The minimum atomic E-state index is 0.463. The highest BCUT2D eigenvalue weighted by molar-refractivity contribution is 5.86. The monoisotopic (exact) mass is 401 g/mol. The highest BCUT2D eigenvalue weighted by atomic mass is 16.5. The van der Waals surface area contributed by atoms with E-state index in [0.717, 1.165) is 59.9 Å². The molecule has 0 unspecified atom stereocenters. The molecular formula is C23H23N5O2. The number of morpholine rings is 1. The van der Waals surface area contributed by atoms with Gasteiger partial charge in [0.25, 0.3) is 0 Å². The van der Waals surface area contributed by atoms with Crippen LogP contribution >= 0.6 is 0 Å². The van der Waals surface area contributed by atoms with Crippen LogP contribution in [0, 0.1) is 0 Å². The molecule has 0 aliphatic carbocycles. The Kier molecular flexibility index (Phi) is 4.72. The van der Waals surface area contributed by atoms with Crippen LogP contribution in [0.25, 0.3) is 27.8 Å². The topological polar surface area (TPSA) is 78.4 Å². The maximum Gasteiger partial charge on any atom is 0.205 e. The van der Waals surface area contributed by atoms with E-state index in [-0.39, 0.29) is 0 Å². The lowest BCUT2D eigenvalue weighted by molar-refractivity contribution is 0.122. The Bertz CT molecular complexity index is 1180. The van der Waals surface area contributed by atoms with E-state index in [0.29, 0.717) is 5.95 Å². The van der Waals surface area contributed by atoms with Gasteiger partial charge in [0, 0.05) is 36.2 Å². The third-order valence-corrected chi connectivity index (χ3v) is 5.45. The van der Waals surface area contributed by atoms with Crippen molar-refractivity contribution in [2.24, 2.45) is 0 Å². The molecule has 0 amide bonds. The smallest absolute Gasteiger partial charge is 0.205 e. The van der Waals surface area contributed by atoms with Crippen molar-refractivity contribution in [1.82, 2.24) is 14.5 Å². The van der Waals surface area contributed by atoms with Gasteiger partial charge in [-0.2, -0.15) is 0 Å². The van der Waals surface area contributed by atoms with Crippen molar-refractivity contribution in [3.63, 3.8) is 0 Å². The molecule has 2 aromatic carbocycles. The second kappa shape index (κ2) is 7.68. The molecule has 0 spiro atoms. The Labute approximate surface area is 174 Å². The van der Waals surface area contributed by atoms with Crippen LogP contribution in [0.5, 0.6) is 5.75 Å². The SMILES string of the molecule is COc1cncc(-c2ccc3nc(N)n(-c4ccc(N5CCOCC5)cc4)c3c2)c1. The van der Waals surface area contributed by atoms with Gasteiger partial charge in [-0.15, -0.1) is 0 Å². The fraction of sp³-hybridized carbons (Fsp3) is 0.217. The summed E-state index contributed by atoms with van der Waals surface area (Å²) >= 11 is 0. The fourth-order valence-corrected chi connectivity index (χ4v) is 3.87. The van der Waals surface area contributed by atoms with Gasteiger partial charge < -0.3 is 20.1 Å². The number of anilines is 2. The number of nitrogens with two attached hydrogens (primary N) is 1. The number of ether oxygens (including phenoxy) is 2. The minimum Gasteiger partial charge on any atom is -0.495 e. The zero-order valence-corrected chi connectivity index (χ0v) is 16.8. The van der Waals surface area contributed by atoms with Gasteiger partial charge in [0.2, 0.25) is 5.95 Å². The molecule has 7 nitrogen and oxygen atoms in total. The predicted octanol–water partition coefficient (Wildman–Crippen LogP) is 3.51. The molecule has 30 heavy (non-hydrogen) atoms. The summed E-state index contributed by atoms with van der Waals surface area (Å²) < 4.78 is 12.7. The van der Waals surface area contributed by atoms with Crippen LogP contribution in [0.15, 0.2) is 60.9 Å². The predicted molar refractivity (Wildman–Crippen MR) is 118 cm³/mol.